The third-order valence-electron chi connectivity index (χ3n) is 5.29. The van der Waals surface area contributed by atoms with E-state index >= 15 is 0 Å². The van der Waals surface area contributed by atoms with Gasteiger partial charge < -0.3 is 9.47 Å². The number of carbonyl (C=O) groups excluding carboxylic acids is 4. The number of fused-ring (bicyclic) bond motifs is 1. The Morgan fingerprint density at radius 2 is 1.77 bits per heavy atom. The molecular formula is C18H20N2O6. The van der Waals surface area contributed by atoms with Crippen molar-refractivity contribution in [1.82, 2.24) is 4.90 Å². The number of rotatable bonds is 4. The number of likely N-dealkylation sites (N-methyl/N-ethyl adjacent to an activating group) is 1. The second kappa shape index (κ2) is 6.53. The highest BCUT2D eigenvalue weighted by atomic mass is 16.5. The first-order chi connectivity index (χ1) is 12.4. The fourth-order valence-corrected chi connectivity index (χ4v) is 4.04. The van der Waals surface area contributed by atoms with Gasteiger partial charge >= 0.3 is 11.9 Å². The van der Waals surface area contributed by atoms with Crippen LogP contribution in [0.3, 0.4) is 0 Å². The number of anilines is 1. The van der Waals surface area contributed by atoms with Gasteiger partial charge in [0, 0.05) is 6.54 Å². The van der Waals surface area contributed by atoms with Crippen molar-refractivity contribution in [3.8, 4) is 0 Å². The van der Waals surface area contributed by atoms with Crippen molar-refractivity contribution >= 4 is 29.4 Å². The van der Waals surface area contributed by atoms with Crippen LogP contribution in [0.4, 0.5) is 5.69 Å². The third kappa shape index (κ3) is 2.40. The predicted molar refractivity (Wildman–Crippen MR) is 89.9 cm³/mol. The summed E-state index contributed by atoms with van der Waals surface area (Å²) >= 11 is 0. The maximum Gasteiger partial charge on any atom is 0.327 e. The largest absolute Gasteiger partial charge is 0.469 e. The van der Waals surface area contributed by atoms with E-state index in [0.29, 0.717) is 5.69 Å². The lowest BCUT2D eigenvalue weighted by Gasteiger charge is -2.36. The number of ether oxygens (including phenoxy) is 2. The van der Waals surface area contributed by atoms with Gasteiger partial charge in [0.2, 0.25) is 11.8 Å². The van der Waals surface area contributed by atoms with Crippen LogP contribution in [0.2, 0.25) is 0 Å². The Labute approximate surface area is 150 Å². The molecule has 2 fully saturated rings. The summed E-state index contributed by atoms with van der Waals surface area (Å²) in [5, 5.41) is 0. The van der Waals surface area contributed by atoms with Crippen LogP contribution < -0.4 is 4.90 Å². The van der Waals surface area contributed by atoms with Crippen LogP contribution in [0.15, 0.2) is 30.3 Å². The summed E-state index contributed by atoms with van der Waals surface area (Å²) in [6, 6.07) is 8.52. The van der Waals surface area contributed by atoms with E-state index in [-0.39, 0.29) is 18.9 Å². The SMILES string of the molecule is COC(=O)C[C@@]1(C(=O)OC)[C@H]2C(=O)N(c3ccccc3)C(=O)[C@H]2CN1C. The lowest BCUT2D eigenvalue weighted by atomic mass is 9.78. The van der Waals surface area contributed by atoms with Crippen LogP contribution in [-0.4, -0.2) is 62.0 Å². The zero-order valence-corrected chi connectivity index (χ0v) is 14.8. The normalized spacial score (nSPS) is 28.2. The van der Waals surface area contributed by atoms with Gasteiger partial charge in [-0.05, 0) is 19.2 Å². The Balaban J connectivity index is 2.08. The molecule has 2 saturated heterocycles. The average Bonchev–Trinajstić information content (AvgIpc) is 3.07. The predicted octanol–water partition coefficient (Wildman–Crippen LogP) is 0.212. The van der Waals surface area contributed by atoms with Crippen LogP contribution in [0, 0.1) is 11.8 Å². The molecule has 8 nitrogen and oxygen atoms in total. The number of para-hydroxylation sites is 1. The first-order valence-corrected chi connectivity index (χ1v) is 8.17. The summed E-state index contributed by atoms with van der Waals surface area (Å²) in [7, 11) is 4.00. The maximum atomic E-state index is 13.2. The third-order valence-corrected chi connectivity index (χ3v) is 5.29. The second-order valence-corrected chi connectivity index (χ2v) is 6.48. The molecule has 0 N–H and O–H groups in total. The average molecular weight is 360 g/mol. The van der Waals surface area contributed by atoms with Crippen molar-refractivity contribution in [3.63, 3.8) is 0 Å². The quantitative estimate of drug-likeness (QED) is 0.560. The highest BCUT2D eigenvalue weighted by Gasteiger charge is 2.68. The minimum Gasteiger partial charge on any atom is -0.469 e. The monoisotopic (exact) mass is 360 g/mol. The molecule has 2 amide bonds. The molecule has 0 aliphatic carbocycles. The number of methoxy groups -OCH3 is 2. The van der Waals surface area contributed by atoms with E-state index in [1.807, 2.05) is 0 Å². The molecule has 1 aromatic rings. The molecule has 3 atom stereocenters. The number of amides is 2. The van der Waals surface area contributed by atoms with Crippen LogP contribution >= 0.6 is 0 Å². The topological polar surface area (TPSA) is 93.2 Å². The number of nitrogens with zero attached hydrogens (tertiary/aromatic N) is 2. The maximum absolute atomic E-state index is 13.2. The lowest BCUT2D eigenvalue weighted by Crippen LogP contribution is -2.57. The van der Waals surface area contributed by atoms with Gasteiger partial charge in [0.15, 0.2) is 0 Å². The Morgan fingerprint density at radius 1 is 1.12 bits per heavy atom. The summed E-state index contributed by atoms with van der Waals surface area (Å²) in [5.41, 5.74) is -1.13. The van der Waals surface area contributed by atoms with Crippen molar-refractivity contribution in [3.05, 3.63) is 30.3 Å². The van der Waals surface area contributed by atoms with Gasteiger partial charge in [0.25, 0.3) is 0 Å². The van der Waals surface area contributed by atoms with E-state index in [4.69, 9.17) is 9.47 Å². The molecule has 0 saturated carbocycles. The van der Waals surface area contributed by atoms with Crippen molar-refractivity contribution in [2.45, 2.75) is 12.0 Å². The van der Waals surface area contributed by atoms with E-state index in [2.05, 4.69) is 0 Å². The molecule has 2 aliphatic rings. The Bertz CT molecular complexity index is 764. The van der Waals surface area contributed by atoms with E-state index in [1.54, 1.807) is 42.3 Å². The molecule has 0 bridgehead atoms. The number of esters is 2. The van der Waals surface area contributed by atoms with Crippen LogP contribution in [-0.2, 0) is 28.7 Å². The zero-order valence-electron chi connectivity index (χ0n) is 14.8. The minimum atomic E-state index is -1.57. The smallest absolute Gasteiger partial charge is 0.327 e. The van der Waals surface area contributed by atoms with Crippen LogP contribution in [0.5, 0.6) is 0 Å². The fourth-order valence-electron chi connectivity index (χ4n) is 4.04. The van der Waals surface area contributed by atoms with E-state index in [0.717, 1.165) is 4.90 Å². The molecule has 0 spiro atoms. The second-order valence-electron chi connectivity index (χ2n) is 6.48. The summed E-state index contributed by atoms with van der Waals surface area (Å²) < 4.78 is 9.63. The van der Waals surface area contributed by atoms with Crippen LogP contribution in [0.1, 0.15) is 6.42 Å². The highest BCUT2D eigenvalue weighted by molar-refractivity contribution is 6.24. The molecule has 2 heterocycles. The van der Waals surface area contributed by atoms with Gasteiger partial charge in [0.1, 0.15) is 5.54 Å². The Kier molecular flexibility index (Phi) is 4.53. The van der Waals surface area contributed by atoms with E-state index in [1.165, 1.54) is 14.2 Å². The summed E-state index contributed by atoms with van der Waals surface area (Å²) in [5.74, 6) is -4.00. The number of carbonyl (C=O) groups is 4. The molecule has 8 heteroatoms. The van der Waals surface area contributed by atoms with Gasteiger partial charge in [-0.3, -0.25) is 24.1 Å². The van der Waals surface area contributed by atoms with Crippen molar-refractivity contribution in [1.29, 1.82) is 0 Å². The first kappa shape index (κ1) is 18.1. The van der Waals surface area contributed by atoms with Gasteiger partial charge in [-0.2, -0.15) is 0 Å². The summed E-state index contributed by atoms with van der Waals surface area (Å²) in [4.78, 5) is 53.4. The minimum absolute atomic E-state index is 0.171. The molecule has 2 aliphatic heterocycles. The lowest BCUT2D eigenvalue weighted by molar-refractivity contribution is -0.163. The van der Waals surface area contributed by atoms with Crippen LogP contribution in [0.25, 0.3) is 0 Å². The Hall–Kier alpha value is -2.74. The van der Waals surface area contributed by atoms with E-state index in [9.17, 15) is 19.2 Å². The standard InChI is InChI=1S/C18H20N2O6/c1-19-10-12-14(18(19,17(24)26-3)9-13(21)25-2)16(23)20(15(12)22)11-7-5-4-6-8-11/h4-8,12,14H,9-10H2,1-3H3/t12-,14+,18-/m0/s1. The number of benzene rings is 1. The number of likely N-dealkylation sites (tertiary alicyclic amines) is 1. The van der Waals surface area contributed by atoms with Crippen molar-refractivity contribution in [2.24, 2.45) is 11.8 Å². The molecule has 26 heavy (non-hydrogen) atoms. The van der Waals surface area contributed by atoms with E-state index < -0.39 is 35.2 Å². The van der Waals surface area contributed by atoms with Gasteiger partial charge in [-0.25, -0.2) is 4.90 Å². The molecule has 0 unspecified atom stereocenters. The zero-order chi connectivity index (χ0) is 19.1. The van der Waals surface area contributed by atoms with Gasteiger partial charge in [-0.1, -0.05) is 18.2 Å². The fraction of sp³-hybridized carbons (Fsp3) is 0.444. The highest BCUT2D eigenvalue weighted by Crippen LogP contribution is 2.48. The van der Waals surface area contributed by atoms with Gasteiger partial charge in [-0.15, -0.1) is 0 Å². The first-order valence-electron chi connectivity index (χ1n) is 8.17. The number of hydrogen-bond donors (Lipinski definition) is 0. The Morgan fingerprint density at radius 3 is 2.35 bits per heavy atom. The molecule has 1 aromatic carbocycles. The molecule has 3 rings (SSSR count). The number of hydrogen-bond acceptors (Lipinski definition) is 7. The molecule has 138 valence electrons. The van der Waals surface area contributed by atoms with Crippen molar-refractivity contribution in [2.75, 3.05) is 32.7 Å². The number of imide groups is 1. The molecular weight excluding hydrogens is 340 g/mol. The molecule has 0 radical (unpaired) electrons. The summed E-state index contributed by atoms with van der Waals surface area (Å²) in [6.45, 7) is 0.171. The van der Waals surface area contributed by atoms with Crippen molar-refractivity contribution < 1.29 is 28.7 Å². The summed E-state index contributed by atoms with van der Waals surface area (Å²) in [6.07, 6.45) is -0.366. The van der Waals surface area contributed by atoms with Gasteiger partial charge in [0.05, 0.1) is 38.2 Å². The molecule has 0 aromatic heterocycles.